The molecule has 10 nitrogen and oxygen atoms in total. The number of rotatable bonds is 5. The maximum Gasteiger partial charge on any atom is 0.268 e. The molecule has 0 atom stereocenters. The van der Waals surface area contributed by atoms with Crippen LogP contribution < -0.4 is 20.3 Å². The highest BCUT2D eigenvalue weighted by atomic mass is 35.5. The minimum absolute atomic E-state index is 0.116. The molecule has 2 aliphatic rings. The molecule has 1 saturated heterocycles. The van der Waals surface area contributed by atoms with Gasteiger partial charge in [-0.1, -0.05) is 29.3 Å². The summed E-state index contributed by atoms with van der Waals surface area (Å²) < 4.78 is 32.8. The highest BCUT2D eigenvalue weighted by molar-refractivity contribution is 7.89. The average Bonchev–Trinajstić information content (AvgIpc) is 2.86. The molecule has 0 spiro atoms. The number of halogens is 2. The highest BCUT2D eigenvalue weighted by Gasteiger charge is 2.31. The van der Waals surface area contributed by atoms with Gasteiger partial charge in [-0.25, -0.2) is 13.4 Å². The number of nitrogens with one attached hydrogen (secondary N) is 2. The van der Waals surface area contributed by atoms with Crippen LogP contribution in [0.25, 0.3) is 0 Å². The summed E-state index contributed by atoms with van der Waals surface area (Å²) >= 11 is 12.5. The van der Waals surface area contributed by atoms with Crippen LogP contribution in [0.1, 0.15) is 10.4 Å². The fourth-order valence-corrected chi connectivity index (χ4v) is 5.84. The van der Waals surface area contributed by atoms with Crippen LogP contribution in [0.3, 0.4) is 0 Å². The molecule has 2 aromatic carbocycles. The van der Waals surface area contributed by atoms with E-state index in [9.17, 15) is 13.2 Å². The third-order valence-electron chi connectivity index (χ3n) is 5.59. The van der Waals surface area contributed by atoms with Crippen molar-refractivity contribution in [3.05, 3.63) is 64.3 Å². The molecule has 0 bridgehead atoms. The third-order valence-corrected chi connectivity index (χ3v) is 8.11. The van der Waals surface area contributed by atoms with Crippen molar-refractivity contribution < 1.29 is 17.9 Å². The molecule has 0 unspecified atom stereocenters. The minimum Gasteiger partial charge on any atom is -0.455 e. The molecule has 2 N–H and O–H groups in total. The third kappa shape index (κ3) is 4.65. The lowest BCUT2D eigenvalue weighted by molar-refractivity contribution is 0.0932. The number of para-hydroxylation sites is 1. The van der Waals surface area contributed by atoms with Gasteiger partial charge in [0.05, 0.1) is 20.6 Å². The van der Waals surface area contributed by atoms with Crippen molar-refractivity contribution in [3.63, 3.8) is 0 Å². The molecule has 0 aliphatic carbocycles. The van der Waals surface area contributed by atoms with E-state index >= 15 is 0 Å². The number of anilines is 3. The van der Waals surface area contributed by atoms with Crippen molar-refractivity contribution in [3.8, 4) is 5.88 Å². The number of ether oxygens (including phenoxy) is 1. The van der Waals surface area contributed by atoms with Gasteiger partial charge >= 0.3 is 0 Å². The molecule has 1 fully saturated rings. The van der Waals surface area contributed by atoms with Gasteiger partial charge in [-0.3, -0.25) is 9.69 Å². The molecule has 13 heteroatoms. The Morgan fingerprint density at radius 2 is 1.71 bits per heavy atom. The molecule has 1 amide bonds. The number of nitrogens with zero attached hydrogens (tertiary/aromatic N) is 4. The molecular weight excluding hydrogens is 515 g/mol. The summed E-state index contributed by atoms with van der Waals surface area (Å²) in [6, 6.07) is 11.3. The number of hydrogen-bond donors (Lipinski definition) is 2. The monoisotopic (exact) mass is 534 g/mol. The number of sulfonamides is 1. The van der Waals surface area contributed by atoms with Crippen LogP contribution in [0.15, 0.2) is 53.6 Å². The first kappa shape index (κ1) is 23.8. The second-order valence-corrected chi connectivity index (χ2v) is 10.5. The van der Waals surface area contributed by atoms with E-state index < -0.39 is 15.9 Å². The smallest absolute Gasteiger partial charge is 0.268 e. The predicted octanol–water partition coefficient (Wildman–Crippen LogP) is 3.12. The number of fused-ring (bicyclic) bond motifs is 1. The molecule has 2 aliphatic heterocycles. The van der Waals surface area contributed by atoms with Crippen molar-refractivity contribution >= 4 is 56.5 Å². The van der Waals surface area contributed by atoms with Gasteiger partial charge in [0.2, 0.25) is 21.9 Å². The zero-order chi connectivity index (χ0) is 24.6. The zero-order valence-electron chi connectivity index (χ0n) is 18.2. The normalized spacial score (nSPS) is 16.5. The Bertz CT molecular complexity index is 1360. The van der Waals surface area contributed by atoms with Crippen LogP contribution in [0, 0.1) is 0 Å². The number of benzene rings is 2. The van der Waals surface area contributed by atoms with E-state index in [1.165, 1.54) is 27.5 Å². The molecule has 1 aromatic heterocycles. The van der Waals surface area contributed by atoms with Crippen LogP contribution >= 0.6 is 23.2 Å². The summed E-state index contributed by atoms with van der Waals surface area (Å²) in [6.45, 7) is 2.00. The van der Waals surface area contributed by atoms with Gasteiger partial charge in [0.1, 0.15) is 5.56 Å². The van der Waals surface area contributed by atoms with E-state index in [0.29, 0.717) is 47.6 Å². The van der Waals surface area contributed by atoms with Gasteiger partial charge in [-0.2, -0.15) is 9.29 Å². The van der Waals surface area contributed by atoms with Gasteiger partial charge in [0.15, 0.2) is 6.73 Å². The van der Waals surface area contributed by atoms with E-state index in [0.717, 1.165) is 0 Å². The molecule has 3 heterocycles. The molecular formula is C22H20Cl2N6O4S. The first-order chi connectivity index (χ1) is 16.8. The summed E-state index contributed by atoms with van der Waals surface area (Å²) in [7, 11) is -3.55. The molecule has 0 radical (unpaired) electrons. The number of aromatic nitrogens is 2. The largest absolute Gasteiger partial charge is 0.455 e. The molecule has 35 heavy (non-hydrogen) atoms. The van der Waals surface area contributed by atoms with Gasteiger partial charge in [-0.15, -0.1) is 0 Å². The Kier molecular flexibility index (Phi) is 6.51. The van der Waals surface area contributed by atoms with Crippen molar-refractivity contribution in [2.45, 2.75) is 4.90 Å². The topological polar surface area (TPSA) is 117 Å². The predicted molar refractivity (Wildman–Crippen MR) is 132 cm³/mol. The van der Waals surface area contributed by atoms with E-state index in [1.54, 1.807) is 30.3 Å². The Balaban J connectivity index is 1.32. The molecule has 182 valence electrons. The summed E-state index contributed by atoms with van der Waals surface area (Å²) in [5.41, 5.74) is 1.09. The second-order valence-electron chi connectivity index (χ2n) is 7.79. The van der Waals surface area contributed by atoms with Gasteiger partial charge in [0, 0.05) is 38.1 Å². The van der Waals surface area contributed by atoms with Crippen molar-refractivity contribution in [2.24, 2.45) is 0 Å². The van der Waals surface area contributed by atoms with E-state index in [1.807, 2.05) is 0 Å². The molecule has 3 aromatic rings. The molecule has 0 saturated carbocycles. The lowest BCUT2D eigenvalue weighted by Gasteiger charge is -2.29. The van der Waals surface area contributed by atoms with E-state index in [-0.39, 0.29) is 29.0 Å². The van der Waals surface area contributed by atoms with Crippen LogP contribution in [-0.2, 0) is 10.0 Å². The average molecular weight is 535 g/mol. The zero-order valence-corrected chi connectivity index (χ0v) is 20.6. The van der Waals surface area contributed by atoms with Crippen LogP contribution in [-0.4, -0.2) is 61.5 Å². The number of hydrogen-bond acceptors (Lipinski definition) is 8. The minimum atomic E-state index is -3.55. The number of piperazine rings is 1. The maximum absolute atomic E-state index is 13.0. The quantitative estimate of drug-likeness (QED) is 0.512. The van der Waals surface area contributed by atoms with Crippen molar-refractivity contribution in [2.75, 3.05) is 43.1 Å². The maximum atomic E-state index is 13.0. The summed E-state index contributed by atoms with van der Waals surface area (Å²) in [4.78, 5) is 23.0. The lowest BCUT2D eigenvalue weighted by Crippen LogP contribution is -2.46. The fraction of sp³-hybridized carbons (Fsp3) is 0.227. The Morgan fingerprint density at radius 1 is 1.03 bits per heavy atom. The second kappa shape index (κ2) is 9.59. The first-order valence-electron chi connectivity index (χ1n) is 10.7. The molecule has 5 rings (SSSR count). The van der Waals surface area contributed by atoms with Crippen molar-refractivity contribution in [1.82, 2.24) is 19.6 Å². The Morgan fingerprint density at radius 3 is 2.40 bits per heavy atom. The van der Waals surface area contributed by atoms with Gasteiger partial charge in [0.25, 0.3) is 5.91 Å². The SMILES string of the molecule is O=C1c2cnc(Nc3ccc(S(=O)(=O)N4CCNCC4)cc3)nc2OCN1c1c(Cl)cccc1Cl. The van der Waals surface area contributed by atoms with E-state index in [4.69, 9.17) is 27.9 Å². The Hall–Kier alpha value is -2.96. The standard InChI is InChI=1S/C22H20Cl2N6O4S/c23-17-2-1-3-18(24)19(17)30-13-34-20-16(21(30)31)12-26-22(28-20)27-14-4-6-15(7-5-14)35(32,33)29-10-8-25-9-11-29/h1-7,12,25H,8-11,13H2,(H,26,27,28). The van der Waals surface area contributed by atoms with E-state index in [2.05, 4.69) is 20.6 Å². The first-order valence-corrected chi connectivity index (χ1v) is 12.9. The highest BCUT2D eigenvalue weighted by Crippen LogP contribution is 2.37. The van der Waals surface area contributed by atoms with Gasteiger partial charge in [-0.05, 0) is 36.4 Å². The van der Waals surface area contributed by atoms with Crippen LogP contribution in [0.5, 0.6) is 5.88 Å². The van der Waals surface area contributed by atoms with Crippen LogP contribution in [0.4, 0.5) is 17.3 Å². The van der Waals surface area contributed by atoms with Crippen LogP contribution in [0.2, 0.25) is 10.0 Å². The number of carbonyl (C=O) groups is 1. The number of carbonyl (C=O) groups excluding carboxylic acids is 1. The number of amides is 1. The summed E-state index contributed by atoms with van der Waals surface area (Å²) in [5, 5.41) is 6.78. The van der Waals surface area contributed by atoms with Gasteiger partial charge < -0.3 is 15.4 Å². The lowest BCUT2D eigenvalue weighted by atomic mass is 10.2. The summed E-state index contributed by atoms with van der Waals surface area (Å²) in [5.74, 6) is -0.0846. The van der Waals surface area contributed by atoms with Crippen molar-refractivity contribution in [1.29, 1.82) is 0 Å². The Labute approximate surface area is 211 Å². The fourth-order valence-electron chi connectivity index (χ4n) is 3.80. The summed E-state index contributed by atoms with van der Waals surface area (Å²) in [6.07, 6.45) is 1.35.